The number of nitrogens with one attached hydrogen (secondary N) is 1. The second-order valence-electron chi connectivity index (χ2n) is 4.52. The van der Waals surface area contributed by atoms with Crippen LogP contribution in [0.1, 0.15) is 45.4 Å². The third-order valence-corrected chi connectivity index (χ3v) is 3.02. The van der Waals surface area contributed by atoms with Crippen molar-refractivity contribution >= 4 is 0 Å². The minimum absolute atomic E-state index is 0.325. The van der Waals surface area contributed by atoms with Gasteiger partial charge >= 0.3 is 0 Å². The van der Waals surface area contributed by atoms with Crippen molar-refractivity contribution < 1.29 is 9.84 Å². The largest absolute Gasteiger partial charge is 0.396 e. The quantitative estimate of drug-likeness (QED) is 0.635. The molecule has 0 aromatic rings. The molecule has 2 unspecified atom stereocenters. The number of rotatable bonds is 7. The Kier molecular flexibility index (Phi) is 6.98. The standard InChI is InChI=1S/C12H25NO2/c1-11-6-7-12(10-13-11)15-9-5-3-2-4-8-14/h11-14H,2-10H2,1H3. The van der Waals surface area contributed by atoms with Gasteiger partial charge in [-0.05, 0) is 32.6 Å². The predicted octanol–water partition coefficient (Wildman–Crippen LogP) is 1.70. The molecule has 1 aliphatic rings. The van der Waals surface area contributed by atoms with Crippen LogP contribution in [0, 0.1) is 0 Å². The molecule has 0 spiro atoms. The third kappa shape index (κ3) is 6.13. The first kappa shape index (κ1) is 12.9. The van der Waals surface area contributed by atoms with Crippen molar-refractivity contribution in [2.45, 2.75) is 57.6 Å². The highest BCUT2D eigenvalue weighted by atomic mass is 16.5. The molecule has 1 fully saturated rings. The molecular weight excluding hydrogens is 190 g/mol. The summed E-state index contributed by atoms with van der Waals surface area (Å²) in [6.07, 6.45) is 7.23. The minimum Gasteiger partial charge on any atom is -0.396 e. The molecule has 90 valence electrons. The molecule has 0 aliphatic carbocycles. The van der Waals surface area contributed by atoms with Crippen molar-refractivity contribution in [1.82, 2.24) is 5.32 Å². The average molecular weight is 215 g/mol. The maximum Gasteiger partial charge on any atom is 0.0700 e. The summed E-state index contributed by atoms with van der Waals surface area (Å²) in [4.78, 5) is 0. The van der Waals surface area contributed by atoms with Gasteiger partial charge in [-0.2, -0.15) is 0 Å². The Hall–Kier alpha value is -0.120. The molecule has 1 heterocycles. The summed E-state index contributed by atoms with van der Waals surface area (Å²) in [7, 11) is 0. The third-order valence-electron chi connectivity index (χ3n) is 3.02. The zero-order valence-electron chi connectivity index (χ0n) is 9.87. The van der Waals surface area contributed by atoms with Crippen LogP contribution in [0.15, 0.2) is 0 Å². The van der Waals surface area contributed by atoms with Crippen molar-refractivity contribution in [3.05, 3.63) is 0 Å². The summed E-state index contributed by atoms with van der Waals surface area (Å²) in [5.74, 6) is 0. The van der Waals surface area contributed by atoms with Crippen LogP contribution >= 0.6 is 0 Å². The molecule has 1 rings (SSSR count). The number of piperidine rings is 1. The van der Waals surface area contributed by atoms with Gasteiger partial charge in [-0.25, -0.2) is 0 Å². The summed E-state index contributed by atoms with van der Waals surface area (Å²) in [5.41, 5.74) is 0. The molecule has 2 N–H and O–H groups in total. The predicted molar refractivity (Wildman–Crippen MR) is 62.0 cm³/mol. The van der Waals surface area contributed by atoms with Crippen molar-refractivity contribution in [3.8, 4) is 0 Å². The number of hydrogen-bond acceptors (Lipinski definition) is 3. The van der Waals surface area contributed by atoms with Gasteiger partial charge < -0.3 is 15.2 Å². The molecule has 1 aliphatic heterocycles. The molecule has 0 saturated carbocycles. The molecule has 0 amide bonds. The van der Waals surface area contributed by atoms with Crippen LogP contribution in [0.25, 0.3) is 0 Å². The van der Waals surface area contributed by atoms with E-state index < -0.39 is 0 Å². The second-order valence-corrected chi connectivity index (χ2v) is 4.52. The van der Waals surface area contributed by atoms with Gasteiger partial charge in [0.15, 0.2) is 0 Å². The Morgan fingerprint density at radius 3 is 2.67 bits per heavy atom. The lowest BCUT2D eigenvalue weighted by molar-refractivity contribution is 0.0285. The Morgan fingerprint density at radius 2 is 2.00 bits per heavy atom. The van der Waals surface area contributed by atoms with Gasteiger partial charge in [0.2, 0.25) is 0 Å². The number of aliphatic hydroxyl groups is 1. The van der Waals surface area contributed by atoms with E-state index in [1.807, 2.05) is 0 Å². The van der Waals surface area contributed by atoms with Gasteiger partial charge in [0.1, 0.15) is 0 Å². The molecule has 3 nitrogen and oxygen atoms in total. The van der Waals surface area contributed by atoms with E-state index in [1.165, 1.54) is 19.3 Å². The molecule has 0 bridgehead atoms. The fraction of sp³-hybridized carbons (Fsp3) is 1.00. The lowest BCUT2D eigenvalue weighted by atomic mass is 10.0. The van der Waals surface area contributed by atoms with Gasteiger partial charge in [0.05, 0.1) is 6.10 Å². The Morgan fingerprint density at radius 1 is 1.20 bits per heavy atom. The minimum atomic E-state index is 0.325. The van der Waals surface area contributed by atoms with E-state index in [1.54, 1.807) is 0 Å². The van der Waals surface area contributed by atoms with E-state index in [0.29, 0.717) is 18.8 Å². The van der Waals surface area contributed by atoms with E-state index in [4.69, 9.17) is 9.84 Å². The number of unbranched alkanes of at least 4 members (excludes halogenated alkanes) is 3. The first-order valence-electron chi connectivity index (χ1n) is 6.28. The maximum atomic E-state index is 8.61. The van der Waals surface area contributed by atoms with Gasteiger partial charge in [-0.3, -0.25) is 0 Å². The van der Waals surface area contributed by atoms with E-state index in [2.05, 4.69) is 12.2 Å². The summed E-state index contributed by atoms with van der Waals surface area (Å²) in [6, 6.07) is 0.661. The summed E-state index contributed by atoms with van der Waals surface area (Å²) in [6.45, 7) is 4.44. The number of hydrogen-bond donors (Lipinski definition) is 2. The van der Waals surface area contributed by atoms with Crippen molar-refractivity contribution in [2.24, 2.45) is 0 Å². The van der Waals surface area contributed by atoms with Crippen LogP contribution in [0.4, 0.5) is 0 Å². The van der Waals surface area contributed by atoms with Crippen molar-refractivity contribution in [3.63, 3.8) is 0 Å². The lowest BCUT2D eigenvalue weighted by Gasteiger charge is -2.27. The highest BCUT2D eigenvalue weighted by Crippen LogP contribution is 2.11. The fourth-order valence-corrected chi connectivity index (χ4v) is 1.93. The number of aliphatic hydroxyl groups excluding tert-OH is 1. The zero-order valence-corrected chi connectivity index (χ0v) is 9.87. The monoisotopic (exact) mass is 215 g/mol. The summed E-state index contributed by atoms with van der Waals surface area (Å²) >= 11 is 0. The van der Waals surface area contributed by atoms with Crippen molar-refractivity contribution in [1.29, 1.82) is 0 Å². The van der Waals surface area contributed by atoms with E-state index >= 15 is 0 Å². The molecule has 3 heteroatoms. The van der Waals surface area contributed by atoms with Crippen LogP contribution < -0.4 is 5.32 Å². The molecule has 2 atom stereocenters. The van der Waals surface area contributed by atoms with Gasteiger partial charge in [0.25, 0.3) is 0 Å². The fourth-order valence-electron chi connectivity index (χ4n) is 1.93. The molecular formula is C12H25NO2. The molecule has 0 aromatic carbocycles. The first-order valence-corrected chi connectivity index (χ1v) is 6.28. The highest BCUT2D eigenvalue weighted by Gasteiger charge is 2.17. The van der Waals surface area contributed by atoms with Crippen LogP contribution in [-0.2, 0) is 4.74 Å². The Labute approximate surface area is 93.2 Å². The van der Waals surface area contributed by atoms with Crippen LogP contribution in [0.2, 0.25) is 0 Å². The SMILES string of the molecule is CC1CCC(OCCCCCCO)CN1. The maximum absolute atomic E-state index is 8.61. The van der Waals surface area contributed by atoms with Gasteiger partial charge in [-0.1, -0.05) is 12.8 Å². The van der Waals surface area contributed by atoms with E-state index in [-0.39, 0.29) is 0 Å². The average Bonchev–Trinajstić information content (AvgIpc) is 2.26. The molecule has 0 aromatic heterocycles. The summed E-state index contributed by atoms with van der Waals surface area (Å²) < 4.78 is 5.79. The van der Waals surface area contributed by atoms with Crippen LogP contribution in [0.3, 0.4) is 0 Å². The number of ether oxygens (including phenoxy) is 1. The molecule has 0 radical (unpaired) electrons. The van der Waals surface area contributed by atoms with Crippen molar-refractivity contribution in [2.75, 3.05) is 19.8 Å². The van der Waals surface area contributed by atoms with Gasteiger partial charge in [0, 0.05) is 25.8 Å². The second kappa shape index (κ2) is 8.08. The lowest BCUT2D eigenvalue weighted by Crippen LogP contribution is -2.41. The normalized spacial score (nSPS) is 26.8. The first-order chi connectivity index (χ1) is 7.33. The topological polar surface area (TPSA) is 41.5 Å². The Bertz CT molecular complexity index is 145. The summed E-state index contributed by atoms with van der Waals surface area (Å²) in [5, 5.41) is 12.0. The zero-order chi connectivity index (χ0) is 10.9. The highest BCUT2D eigenvalue weighted by molar-refractivity contribution is 4.74. The van der Waals surface area contributed by atoms with Crippen LogP contribution in [0.5, 0.6) is 0 Å². The Balaban J connectivity index is 1.87. The van der Waals surface area contributed by atoms with Gasteiger partial charge in [-0.15, -0.1) is 0 Å². The van der Waals surface area contributed by atoms with E-state index in [0.717, 1.165) is 32.4 Å². The van der Waals surface area contributed by atoms with Crippen LogP contribution in [-0.4, -0.2) is 37.0 Å². The van der Waals surface area contributed by atoms with E-state index in [9.17, 15) is 0 Å². The smallest absolute Gasteiger partial charge is 0.0700 e. The molecule has 15 heavy (non-hydrogen) atoms. The molecule has 1 saturated heterocycles.